The van der Waals surface area contributed by atoms with Gasteiger partial charge in [-0.25, -0.2) is 4.98 Å². The fraction of sp³-hybridized carbons (Fsp3) is 0.261. The van der Waals surface area contributed by atoms with Crippen LogP contribution in [0.25, 0.3) is 11.3 Å². The largest absolute Gasteiger partial charge is 0.416 e. The zero-order chi connectivity index (χ0) is 22.0. The van der Waals surface area contributed by atoms with E-state index in [4.69, 9.17) is 9.84 Å². The molecule has 2 aromatic carbocycles. The minimum Gasteiger partial charge on any atom is -0.393 e. The smallest absolute Gasteiger partial charge is 0.393 e. The van der Waals surface area contributed by atoms with E-state index < -0.39 is 24.5 Å². The number of halogens is 3. The average Bonchev–Trinajstić information content (AvgIpc) is 3.00. The molecule has 2 heterocycles. The summed E-state index contributed by atoms with van der Waals surface area (Å²) < 4.78 is 44.4. The summed E-state index contributed by atoms with van der Waals surface area (Å²) in [5, 5.41) is 19.0. The van der Waals surface area contributed by atoms with E-state index in [2.05, 4.69) is 4.98 Å². The molecule has 0 saturated heterocycles. The first-order chi connectivity index (χ1) is 14.9. The van der Waals surface area contributed by atoms with Gasteiger partial charge in [-0.3, -0.25) is 0 Å². The molecule has 8 heteroatoms. The monoisotopic (exact) mass is 430 g/mol. The standard InChI is InChI=1S/C23H21F3N2O3/c24-23(25,26)17-5-7-18(8-6-17)28-10-11-31-14-16-12-15(4-9-21(16)28)19-2-1-3-20(27-19)22(30)13-29/h1-9,12,22,29-30H,10-11,13-14H2. The lowest BCUT2D eigenvalue weighted by atomic mass is 10.0. The summed E-state index contributed by atoms with van der Waals surface area (Å²) in [4.78, 5) is 6.36. The van der Waals surface area contributed by atoms with Crippen LogP contribution in [0.4, 0.5) is 24.5 Å². The SMILES string of the molecule is OCC(O)c1cccc(-c2ccc3c(c2)COCCN3c2ccc(C(F)(F)F)cc2)n1. The number of alkyl halides is 3. The van der Waals surface area contributed by atoms with Crippen molar-refractivity contribution in [1.29, 1.82) is 0 Å². The number of aromatic nitrogens is 1. The van der Waals surface area contributed by atoms with Gasteiger partial charge in [0.2, 0.25) is 0 Å². The molecule has 1 aromatic heterocycles. The molecule has 31 heavy (non-hydrogen) atoms. The highest BCUT2D eigenvalue weighted by molar-refractivity contribution is 5.72. The van der Waals surface area contributed by atoms with Crippen LogP contribution in [-0.4, -0.2) is 35.0 Å². The highest BCUT2D eigenvalue weighted by atomic mass is 19.4. The number of aliphatic hydroxyl groups excluding tert-OH is 2. The van der Waals surface area contributed by atoms with Crippen molar-refractivity contribution in [2.45, 2.75) is 18.9 Å². The molecule has 0 aliphatic carbocycles. The van der Waals surface area contributed by atoms with Crippen molar-refractivity contribution in [2.24, 2.45) is 0 Å². The van der Waals surface area contributed by atoms with E-state index in [1.54, 1.807) is 18.2 Å². The van der Waals surface area contributed by atoms with Gasteiger partial charge in [-0.2, -0.15) is 13.2 Å². The van der Waals surface area contributed by atoms with E-state index in [-0.39, 0.29) is 0 Å². The predicted octanol–water partition coefficient (Wildman–Crippen LogP) is 4.46. The molecule has 2 N–H and O–H groups in total. The Hall–Kier alpha value is -2.94. The molecule has 0 spiro atoms. The third-order valence-corrected chi connectivity index (χ3v) is 5.17. The first-order valence-corrected chi connectivity index (χ1v) is 9.78. The Morgan fingerprint density at radius 3 is 2.55 bits per heavy atom. The van der Waals surface area contributed by atoms with E-state index >= 15 is 0 Å². The molecule has 1 unspecified atom stereocenters. The number of ether oxygens (including phenoxy) is 1. The molecule has 162 valence electrons. The van der Waals surface area contributed by atoms with Crippen LogP contribution >= 0.6 is 0 Å². The summed E-state index contributed by atoms with van der Waals surface area (Å²) in [6.07, 6.45) is -5.43. The van der Waals surface area contributed by atoms with Gasteiger partial charge in [-0.1, -0.05) is 12.1 Å². The maximum Gasteiger partial charge on any atom is 0.416 e. The van der Waals surface area contributed by atoms with Gasteiger partial charge >= 0.3 is 6.18 Å². The third-order valence-electron chi connectivity index (χ3n) is 5.17. The van der Waals surface area contributed by atoms with Gasteiger partial charge in [0.25, 0.3) is 0 Å². The number of hydrogen-bond donors (Lipinski definition) is 2. The van der Waals surface area contributed by atoms with Crippen molar-refractivity contribution in [1.82, 2.24) is 4.98 Å². The normalized spacial score (nSPS) is 15.3. The molecule has 3 aromatic rings. The number of fused-ring (bicyclic) bond motifs is 1. The summed E-state index contributed by atoms with van der Waals surface area (Å²) in [5.41, 5.74) is 3.52. The second kappa shape index (κ2) is 8.66. The van der Waals surface area contributed by atoms with Crippen molar-refractivity contribution >= 4 is 11.4 Å². The van der Waals surface area contributed by atoms with E-state index in [1.165, 1.54) is 12.1 Å². The number of nitrogens with zero attached hydrogens (tertiary/aromatic N) is 2. The number of hydrogen-bond acceptors (Lipinski definition) is 5. The first kappa shape index (κ1) is 21.3. The van der Waals surface area contributed by atoms with Crippen molar-refractivity contribution in [3.05, 3.63) is 77.5 Å². The Balaban J connectivity index is 1.68. The van der Waals surface area contributed by atoms with Gasteiger partial charge in [0.15, 0.2) is 0 Å². The lowest BCUT2D eigenvalue weighted by Gasteiger charge is -2.25. The topological polar surface area (TPSA) is 65.8 Å². The summed E-state index contributed by atoms with van der Waals surface area (Å²) in [7, 11) is 0. The van der Waals surface area contributed by atoms with Crippen LogP contribution in [-0.2, 0) is 17.5 Å². The Kier molecular flexibility index (Phi) is 5.95. The number of anilines is 2. The van der Waals surface area contributed by atoms with Crippen LogP contribution in [0.15, 0.2) is 60.7 Å². The molecule has 1 atom stereocenters. The highest BCUT2D eigenvalue weighted by Gasteiger charge is 2.30. The molecule has 0 fully saturated rings. The maximum atomic E-state index is 12.9. The zero-order valence-corrected chi connectivity index (χ0v) is 16.5. The van der Waals surface area contributed by atoms with Crippen molar-refractivity contribution in [3.8, 4) is 11.3 Å². The molecule has 0 amide bonds. The summed E-state index contributed by atoms with van der Waals surface area (Å²) in [5.74, 6) is 0. The number of aliphatic hydroxyl groups is 2. The Morgan fingerprint density at radius 2 is 1.84 bits per heavy atom. The Bertz CT molecular complexity index is 1050. The molecule has 0 bridgehead atoms. The fourth-order valence-corrected chi connectivity index (χ4v) is 3.57. The molecular formula is C23H21F3N2O3. The second-order valence-corrected chi connectivity index (χ2v) is 7.24. The molecule has 4 rings (SSSR count). The molecular weight excluding hydrogens is 409 g/mol. The number of benzene rings is 2. The molecule has 1 aliphatic rings. The average molecular weight is 430 g/mol. The van der Waals surface area contributed by atoms with Crippen LogP contribution in [0.5, 0.6) is 0 Å². The van der Waals surface area contributed by atoms with E-state index in [0.29, 0.717) is 36.8 Å². The van der Waals surface area contributed by atoms with Crippen molar-refractivity contribution in [2.75, 3.05) is 24.7 Å². The third kappa shape index (κ3) is 4.56. The molecule has 1 aliphatic heterocycles. The van der Waals surface area contributed by atoms with Crippen LogP contribution in [0.3, 0.4) is 0 Å². The molecule has 0 radical (unpaired) electrons. The summed E-state index contributed by atoms with van der Waals surface area (Å²) >= 11 is 0. The molecule has 0 saturated carbocycles. The van der Waals surface area contributed by atoms with Gasteiger partial charge < -0.3 is 19.8 Å². The summed E-state index contributed by atoms with van der Waals surface area (Å²) in [6.45, 7) is 0.880. The van der Waals surface area contributed by atoms with Crippen molar-refractivity contribution in [3.63, 3.8) is 0 Å². The minimum atomic E-state index is -4.38. The predicted molar refractivity (Wildman–Crippen MR) is 110 cm³/mol. The maximum absolute atomic E-state index is 12.9. The van der Waals surface area contributed by atoms with Gasteiger partial charge in [-0.15, -0.1) is 0 Å². The van der Waals surface area contributed by atoms with Crippen LogP contribution in [0.2, 0.25) is 0 Å². The number of rotatable bonds is 4. The minimum absolute atomic E-state index is 0.360. The summed E-state index contributed by atoms with van der Waals surface area (Å²) in [6, 6.07) is 16.0. The van der Waals surface area contributed by atoms with Crippen LogP contribution in [0, 0.1) is 0 Å². The van der Waals surface area contributed by atoms with Gasteiger partial charge in [0.05, 0.1) is 36.8 Å². The van der Waals surface area contributed by atoms with Gasteiger partial charge in [0, 0.05) is 29.0 Å². The first-order valence-electron chi connectivity index (χ1n) is 9.78. The van der Waals surface area contributed by atoms with Gasteiger partial charge in [0.1, 0.15) is 6.10 Å². The lowest BCUT2D eigenvalue weighted by molar-refractivity contribution is -0.137. The van der Waals surface area contributed by atoms with Crippen LogP contribution in [0.1, 0.15) is 22.9 Å². The Labute approximate surface area is 177 Å². The van der Waals surface area contributed by atoms with Crippen LogP contribution < -0.4 is 4.90 Å². The van der Waals surface area contributed by atoms with E-state index in [9.17, 15) is 18.3 Å². The lowest BCUT2D eigenvalue weighted by Crippen LogP contribution is -2.20. The molecule has 5 nitrogen and oxygen atoms in total. The van der Waals surface area contributed by atoms with Gasteiger partial charge in [-0.05, 0) is 48.5 Å². The van der Waals surface area contributed by atoms with E-state index in [1.807, 2.05) is 23.1 Å². The highest BCUT2D eigenvalue weighted by Crippen LogP contribution is 2.36. The van der Waals surface area contributed by atoms with E-state index in [0.717, 1.165) is 28.9 Å². The van der Waals surface area contributed by atoms with Crippen molar-refractivity contribution < 1.29 is 28.1 Å². The fourth-order valence-electron chi connectivity index (χ4n) is 3.57. The second-order valence-electron chi connectivity index (χ2n) is 7.24. The number of pyridine rings is 1. The zero-order valence-electron chi connectivity index (χ0n) is 16.5. The quantitative estimate of drug-likeness (QED) is 0.640. The Morgan fingerprint density at radius 1 is 1.06 bits per heavy atom.